The molecule has 6 rings (SSSR count). The lowest BCUT2D eigenvalue weighted by Crippen LogP contribution is -2.59. The van der Waals surface area contributed by atoms with Gasteiger partial charge < -0.3 is 44.5 Å². The number of cyclic esters (lactones) is 1. The van der Waals surface area contributed by atoms with Crippen LogP contribution < -0.4 is 35.3 Å². The van der Waals surface area contributed by atoms with Crippen molar-refractivity contribution in [3.63, 3.8) is 0 Å². The Morgan fingerprint density at radius 2 is 2.02 bits per heavy atom. The Bertz CT molecular complexity index is 1660. The van der Waals surface area contributed by atoms with Gasteiger partial charge in [-0.3, -0.25) is 14.5 Å². The lowest BCUT2D eigenvalue weighted by Gasteiger charge is -2.41. The number of ether oxygens (including phenoxy) is 3. The number of rotatable bonds is 8. The van der Waals surface area contributed by atoms with E-state index < -0.39 is 35.3 Å². The third-order valence-corrected chi connectivity index (χ3v) is 6.92. The third kappa shape index (κ3) is 5.10. The van der Waals surface area contributed by atoms with Crippen LogP contribution in [-0.4, -0.2) is 94.4 Å². The number of aromatic nitrogens is 3. The number of halogens is 1. The molecule has 0 aromatic carbocycles. The van der Waals surface area contributed by atoms with Gasteiger partial charge in [-0.25, -0.2) is 23.9 Å². The van der Waals surface area contributed by atoms with Gasteiger partial charge in [0, 0.05) is 32.2 Å². The van der Waals surface area contributed by atoms with Crippen LogP contribution in [-0.2, 0) is 16.1 Å². The topological polar surface area (TPSA) is 198 Å². The van der Waals surface area contributed by atoms with E-state index >= 15 is 4.39 Å². The molecule has 2 amide bonds. The third-order valence-electron chi connectivity index (χ3n) is 6.92. The van der Waals surface area contributed by atoms with E-state index in [1.807, 2.05) is 0 Å². The van der Waals surface area contributed by atoms with Gasteiger partial charge in [0.2, 0.25) is 5.43 Å². The number of nitrogens with zero attached hydrogens (tertiary/aromatic N) is 5. The molecule has 0 unspecified atom stereocenters. The monoisotopic (exact) mass is 585 g/mol. The molecule has 3 aromatic heterocycles. The fourth-order valence-corrected chi connectivity index (χ4v) is 4.91. The van der Waals surface area contributed by atoms with Crippen LogP contribution >= 0.6 is 0 Å². The maximum atomic E-state index is 15.0. The van der Waals surface area contributed by atoms with E-state index in [9.17, 15) is 24.3 Å². The molecule has 1 atom stereocenters. The second-order valence-corrected chi connectivity index (χ2v) is 9.75. The summed E-state index contributed by atoms with van der Waals surface area (Å²) in [7, 11) is 0. The molecule has 3 aliphatic rings. The van der Waals surface area contributed by atoms with Gasteiger partial charge in [0.1, 0.15) is 17.6 Å². The number of aliphatic hydroxyl groups excluding tert-OH is 1. The normalized spacial score (nSPS) is 18.3. The largest absolute Gasteiger partial charge is 0.511 e. The number of carbonyl (C=O) groups excluding carboxylic acids is 2. The first-order chi connectivity index (χ1) is 20.2. The van der Waals surface area contributed by atoms with E-state index in [4.69, 9.17) is 14.6 Å². The number of amides is 2. The molecule has 4 N–H and O–H groups in total. The molecule has 0 radical (unpaired) electrons. The van der Waals surface area contributed by atoms with Gasteiger partial charge in [0.25, 0.3) is 5.91 Å². The predicted molar refractivity (Wildman–Crippen MR) is 142 cm³/mol. The van der Waals surface area contributed by atoms with Crippen molar-refractivity contribution < 1.29 is 43.2 Å². The molecule has 0 bridgehead atoms. The van der Waals surface area contributed by atoms with Gasteiger partial charge >= 0.3 is 12.2 Å². The molecule has 3 aliphatic heterocycles. The number of aliphatic hydroxyl groups is 1. The first kappa shape index (κ1) is 27.2. The Balaban J connectivity index is 1.09. The SMILES string of the molecule is O=C1COc2ccc(N3C[C@@H](CNC4CN(c5nc6c(cc5F)c(=O)c(OC(=O)O)cn6CCO)C4)OC3=O)nc2N1. The average molecular weight is 586 g/mol. The average Bonchev–Trinajstić information content (AvgIpc) is 3.30. The van der Waals surface area contributed by atoms with Crippen molar-refractivity contribution in [3.05, 3.63) is 40.4 Å². The minimum atomic E-state index is -1.70. The highest BCUT2D eigenvalue weighted by molar-refractivity contribution is 5.95. The minimum absolute atomic E-state index is 0.00781. The first-order valence-electron chi connectivity index (χ1n) is 12.9. The lowest BCUT2D eigenvalue weighted by atomic mass is 10.1. The van der Waals surface area contributed by atoms with Crippen molar-refractivity contribution in [3.8, 4) is 11.5 Å². The van der Waals surface area contributed by atoms with Crippen LogP contribution in [0.25, 0.3) is 11.0 Å². The van der Waals surface area contributed by atoms with E-state index in [1.54, 1.807) is 17.0 Å². The summed E-state index contributed by atoms with van der Waals surface area (Å²) in [5, 5.41) is 24.0. The number of anilines is 3. The van der Waals surface area contributed by atoms with E-state index in [0.29, 0.717) is 31.2 Å². The van der Waals surface area contributed by atoms with E-state index in [2.05, 4.69) is 25.3 Å². The number of nitrogens with one attached hydrogen (secondary N) is 2. The van der Waals surface area contributed by atoms with Gasteiger partial charge in [0.05, 0.1) is 24.7 Å². The van der Waals surface area contributed by atoms with Crippen molar-refractivity contribution in [2.75, 3.05) is 54.5 Å². The fourth-order valence-electron chi connectivity index (χ4n) is 4.91. The number of hydrogen-bond acceptors (Lipinski definition) is 12. The zero-order valence-corrected chi connectivity index (χ0v) is 21.8. The molecular formula is C25H24FN7O9. The van der Waals surface area contributed by atoms with Crippen LogP contribution in [0.5, 0.6) is 11.5 Å². The molecule has 2 fully saturated rings. The zero-order chi connectivity index (χ0) is 29.5. The zero-order valence-electron chi connectivity index (χ0n) is 21.8. The van der Waals surface area contributed by atoms with Crippen molar-refractivity contribution in [1.82, 2.24) is 19.9 Å². The number of carboxylic acid groups (broad SMARTS) is 1. The summed E-state index contributed by atoms with van der Waals surface area (Å²) in [4.78, 5) is 59.3. The lowest BCUT2D eigenvalue weighted by molar-refractivity contribution is -0.118. The molecule has 42 heavy (non-hydrogen) atoms. The van der Waals surface area contributed by atoms with Crippen LogP contribution in [0, 0.1) is 5.82 Å². The Morgan fingerprint density at radius 3 is 2.79 bits per heavy atom. The molecule has 16 nitrogen and oxygen atoms in total. The van der Waals surface area contributed by atoms with Crippen LogP contribution in [0.3, 0.4) is 0 Å². The quantitative estimate of drug-likeness (QED) is 0.260. The first-order valence-corrected chi connectivity index (χ1v) is 12.9. The summed E-state index contributed by atoms with van der Waals surface area (Å²) in [5.41, 5.74) is -0.772. The van der Waals surface area contributed by atoms with Crippen molar-refractivity contribution >= 4 is 46.6 Å². The number of hydrogen-bond donors (Lipinski definition) is 4. The fraction of sp³-hybridized carbons (Fsp3) is 0.360. The second kappa shape index (κ2) is 10.7. The standard InChI is InChI=1S/C25H24FN7O9/c26-15-5-14-20(36)17(42-25(38)39)10-31(3-4-34)22(14)30-23(15)32-7-12(8-32)27-6-13-9-33(24(37)41-13)18-2-1-16-21(28-18)29-19(35)11-40-16/h1-2,5,10,12-13,27,34H,3-4,6-9,11H2,(H,38,39)(H,28,29,35)/t13-/m1/s1. The smallest absolute Gasteiger partial charge is 0.480 e. The molecule has 2 saturated heterocycles. The highest BCUT2D eigenvalue weighted by atomic mass is 19.1. The number of carbonyl (C=O) groups is 3. The number of fused-ring (bicyclic) bond motifs is 2. The Kier molecular flexibility index (Phi) is 6.95. The summed E-state index contributed by atoms with van der Waals surface area (Å²) < 4.78 is 31.6. The van der Waals surface area contributed by atoms with E-state index in [1.165, 1.54) is 9.47 Å². The Labute approximate surface area is 235 Å². The summed E-state index contributed by atoms with van der Waals surface area (Å²) in [6.07, 6.45) is -1.66. The van der Waals surface area contributed by atoms with Crippen LogP contribution in [0.1, 0.15) is 0 Å². The molecule has 6 heterocycles. The van der Waals surface area contributed by atoms with Crippen molar-refractivity contribution in [1.29, 1.82) is 0 Å². The van der Waals surface area contributed by atoms with Gasteiger partial charge in [0.15, 0.2) is 35.6 Å². The molecule has 0 aliphatic carbocycles. The van der Waals surface area contributed by atoms with Gasteiger partial charge in [-0.05, 0) is 18.2 Å². The van der Waals surface area contributed by atoms with Gasteiger partial charge in [-0.2, -0.15) is 0 Å². The van der Waals surface area contributed by atoms with Crippen LogP contribution in [0.4, 0.5) is 31.4 Å². The summed E-state index contributed by atoms with van der Waals surface area (Å²) in [6, 6.07) is 4.12. The van der Waals surface area contributed by atoms with Crippen molar-refractivity contribution in [2.24, 2.45) is 0 Å². The Hall–Kier alpha value is -5.03. The van der Waals surface area contributed by atoms with E-state index in [-0.39, 0.29) is 60.9 Å². The molecule has 0 saturated carbocycles. The Morgan fingerprint density at radius 1 is 1.21 bits per heavy atom. The van der Waals surface area contributed by atoms with Crippen molar-refractivity contribution in [2.45, 2.75) is 18.7 Å². The highest BCUT2D eigenvalue weighted by Crippen LogP contribution is 2.30. The maximum absolute atomic E-state index is 15.0. The minimum Gasteiger partial charge on any atom is -0.480 e. The van der Waals surface area contributed by atoms with Crippen LogP contribution in [0.2, 0.25) is 0 Å². The van der Waals surface area contributed by atoms with Gasteiger partial charge in [-0.1, -0.05) is 0 Å². The molecule has 220 valence electrons. The molecule has 17 heteroatoms. The predicted octanol–water partition coefficient (Wildman–Crippen LogP) is 0.114. The van der Waals surface area contributed by atoms with E-state index in [0.717, 1.165) is 12.3 Å². The molecule has 0 spiro atoms. The summed E-state index contributed by atoms with van der Waals surface area (Å²) in [6.45, 7) is 0.806. The number of pyridine rings is 3. The van der Waals surface area contributed by atoms with Crippen LogP contribution in [0.15, 0.2) is 29.2 Å². The summed E-state index contributed by atoms with van der Waals surface area (Å²) >= 11 is 0. The maximum Gasteiger partial charge on any atom is 0.511 e. The van der Waals surface area contributed by atoms with Gasteiger partial charge in [-0.15, -0.1) is 0 Å². The summed E-state index contributed by atoms with van der Waals surface area (Å²) in [5.74, 6) is -0.715. The molecule has 3 aromatic rings. The molecular weight excluding hydrogens is 561 g/mol. The highest BCUT2D eigenvalue weighted by Gasteiger charge is 2.36. The second-order valence-electron chi connectivity index (χ2n) is 9.75.